The van der Waals surface area contributed by atoms with E-state index >= 15 is 0 Å². The Labute approximate surface area is 156 Å². The fourth-order valence-corrected chi connectivity index (χ4v) is 4.02. The molecular formula is C21H31N3O2. The first-order valence-corrected chi connectivity index (χ1v) is 9.88. The SMILES string of the molecule is Cc1cc(C)c(C(=O)N2CCCN(C(=O)NC3CCCC3)CC2)cc1C. The van der Waals surface area contributed by atoms with Crippen LogP contribution in [-0.2, 0) is 0 Å². The third-order valence-corrected chi connectivity index (χ3v) is 5.82. The van der Waals surface area contributed by atoms with Crippen molar-refractivity contribution in [1.29, 1.82) is 0 Å². The van der Waals surface area contributed by atoms with E-state index < -0.39 is 0 Å². The minimum absolute atomic E-state index is 0.0357. The molecule has 1 aromatic rings. The van der Waals surface area contributed by atoms with Crippen molar-refractivity contribution in [3.63, 3.8) is 0 Å². The minimum atomic E-state index is 0.0357. The lowest BCUT2D eigenvalue weighted by molar-refractivity contribution is 0.0761. The molecule has 1 N–H and O–H groups in total. The Morgan fingerprint density at radius 3 is 2.19 bits per heavy atom. The molecule has 1 aliphatic carbocycles. The third kappa shape index (κ3) is 4.19. The molecule has 1 saturated carbocycles. The Morgan fingerprint density at radius 1 is 0.846 bits per heavy atom. The largest absolute Gasteiger partial charge is 0.337 e. The van der Waals surface area contributed by atoms with Crippen molar-refractivity contribution in [2.45, 2.75) is 58.9 Å². The normalized spacial score (nSPS) is 18.7. The number of hydrogen-bond acceptors (Lipinski definition) is 2. The van der Waals surface area contributed by atoms with E-state index in [2.05, 4.69) is 18.3 Å². The molecule has 3 rings (SSSR count). The number of nitrogens with one attached hydrogen (secondary N) is 1. The Bertz CT molecular complexity index is 680. The molecule has 1 aromatic carbocycles. The third-order valence-electron chi connectivity index (χ3n) is 5.82. The van der Waals surface area contributed by atoms with Gasteiger partial charge in [0.2, 0.25) is 0 Å². The predicted octanol–water partition coefficient (Wildman–Crippen LogP) is 3.41. The summed E-state index contributed by atoms with van der Waals surface area (Å²) in [7, 11) is 0. The summed E-state index contributed by atoms with van der Waals surface area (Å²) in [6, 6.07) is 4.46. The Kier molecular flexibility index (Phi) is 5.84. The zero-order valence-corrected chi connectivity index (χ0v) is 16.3. The van der Waals surface area contributed by atoms with Gasteiger partial charge in [0.1, 0.15) is 0 Å². The minimum Gasteiger partial charge on any atom is -0.337 e. The van der Waals surface area contributed by atoms with E-state index in [0.717, 1.165) is 36.0 Å². The highest BCUT2D eigenvalue weighted by Gasteiger charge is 2.25. The molecule has 5 nitrogen and oxygen atoms in total. The lowest BCUT2D eigenvalue weighted by Crippen LogP contribution is -2.45. The summed E-state index contributed by atoms with van der Waals surface area (Å²) in [5.41, 5.74) is 4.17. The van der Waals surface area contributed by atoms with Gasteiger partial charge < -0.3 is 15.1 Å². The molecule has 5 heteroatoms. The van der Waals surface area contributed by atoms with Crippen LogP contribution in [0, 0.1) is 20.8 Å². The van der Waals surface area contributed by atoms with Crippen LogP contribution >= 0.6 is 0 Å². The maximum Gasteiger partial charge on any atom is 0.317 e. The molecule has 0 atom stereocenters. The molecule has 2 fully saturated rings. The van der Waals surface area contributed by atoms with Gasteiger partial charge in [-0.05, 0) is 62.8 Å². The van der Waals surface area contributed by atoms with E-state index in [-0.39, 0.29) is 11.9 Å². The zero-order chi connectivity index (χ0) is 18.7. The molecular weight excluding hydrogens is 326 g/mol. The fourth-order valence-electron chi connectivity index (χ4n) is 4.02. The number of aryl methyl sites for hydroxylation is 3. The standard InChI is InChI=1S/C21H31N3O2/c1-15-13-17(3)19(14-16(15)2)20(25)23-9-6-10-24(12-11-23)21(26)22-18-7-4-5-8-18/h13-14,18H,4-12H2,1-3H3,(H,22,26). The summed E-state index contributed by atoms with van der Waals surface area (Å²) in [5, 5.41) is 3.16. The van der Waals surface area contributed by atoms with E-state index in [4.69, 9.17) is 0 Å². The Balaban J connectivity index is 1.62. The highest BCUT2D eigenvalue weighted by molar-refractivity contribution is 5.96. The molecule has 0 aromatic heterocycles. The van der Waals surface area contributed by atoms with Crippen molar-refractivity contribution in [3.8, 4) is 0 Å². The van der Waals surface area contributed by atoms with E-state index in [9.17, 15) is 9.59 Å². The van der Waals surface area contributed by atoms with Crippen LogP contribution in [0.2, 0.25) is 0 Å². The molecule has 26 heavy (non-hydrogen) atoms. The number of rotatable bonds is 2. The van der Waals surface area contributed by atoms with E-state index in [0.29, 0.717) is 32.2 Å². The van der Waals surface area contributed by atoms with Crippen LogP contribution in [0.1, 0.15) is 59.2 Å². The van der Waals surface area contributed by atoms with Crippen LogP contribution < -0.4 is 5.32 Å². The van der Waals surface area contributed by atoms with Gasteiger partial charge in [0.25, 0.3) is 5.91 Å². The van der Waals surface area contributed by atoms with Crippen LogP contribution in [0.25, 0.3) is 0 Å². The van der Waals surface area contributed by atoms with E-state index in [1.165, 1.54) is 18.4 Å². The summed E-state index contributed by atoms with van der Waals surface area (Å²) < 4.78 is 0. The van der Waals surface area contributed by atoms with Crippen LogP contribution in [0.5, 0.6) is 0 Å². The van der Waals surface area contributed by atoms with Crippen molar-refractivity contribution < 1.29 is 9.59 Å². The van der Waals surface area contributed by atoms with Gasteiger partial charge >= 0.3 is 6.03 Å². The van der Waals surface area contributed by atoms with Crippen LogP contribution in [0.4, 0.5) is 4.79 Å². The molecule has 142 valence electrons. The number of amides is 3. The van der Waals surface area contributed by atoms with Crippen molar-refractivity contribution in [2.24, 2.45) is 0 Å². The lowest BCUT2D eigenvalue weighted by atomic mass is 10.00. The second kappa shape index (κ2) is 8.11. The first-order valence-electron chi connectivity index (χ1n) is 9.88. The highest BCUT2D eigenvalue weighted by Crippen LogP contribution is 2.20. The number of hydrogen-bond donors (Lipinski definition) is 1. The number of nitrogens with zero attached hydrogens (tertiary/aromatic N) is 2. The lowest BCUT2D eigenvalue weighted by Gasteiger charge is -2.24. The first kappa shape index (κ1) is 18.7. The Morgan fingerprint density at radius 2 is 1.46 bits per heavy atom. The molecule has 0 bridgehead atoms. The summed E-state index contributed by atoms with van der Waals surface area (Å²) in [4.78, 5) is 29.3. The van der Waals surface area contributed by atoms with E-state index in [1.54, 1.807) is 0 Å². The van der Waals surface area contributed by atoms with Crippen LogP contribution in [0.3, 0.4) is 0 Å². The van der Waals surface area contributed by atoms with Crippen LogP contribution in [-0.4, -0.2) is 54.0 Å². The van der Waals surface area contributed by atoms with Gasteiger partial charge in [-0.1, -0.05) is 18.9 Å². The van der Waals surface area contributed by atoms with Gasteiger partial charge in [-0.25, -0.2) is 4.79 Å². The maximum atomic E-state index is 13.0. The summed E-state index contributed by atoms with van der Waals surface area (Å²) in [6.45, 7) is 8.75. The van der Waals surface area contributed by atoms with Gasteiger partial charge in [0.05, 0.1) is 0 Å². The van der Waals surface area contributed by atoms with Gasteiger partial charge in [0.15, 0.2) is 0 Å². The number of urea groups is 1. The average Bonchev–Trinajstić information content (AvgIpc) is 2.98. The monoisotopic (exact) mass is 357 g/mol. The van der Waals surface area contributed by atoms with E-state index in [1.807, 2.05) is 29.7 Å². The fraction of sp³-hybridized carbons (Fsp3) is 0.619. The molecule has 2 aliphatic rings. The number of benzene rings is 1. The molecule has 0 unspecified atom stereocenters. The molecule has 1 aliphatic heterocycles. The highest BCUT2D eigenvalue weighted by atomic mass is 16.2. The zero-order valence-electron chi connectivity index (χ0n) is 16.3. The van der Waals surface area contributed by atoms with Crippen molar-refractivity contribution in [3.05, 3.63) is 34.4 Å². The van der Waals surface area contributed by atoms with Gasteiger partial charge in [-0.15, -0.1) is 0 Å². The van der Waals surface area contributed by atoms with Gasteiger partial charge in [-0.3, -0.25) is 4.79 Å². The topological polar surface area (TPSA) is 52.7 Å². The van der Waals surface area contributed by atoms with Gasteiger partial charge in [-0.2, -0.15) is 0 Å². The summed E-state index contributed by atoms with van der Waals surface area (Å²) in [6.07, 6.45) is 5.44. The molecule has 0 spiro atoms. The smallest absolute Gasteiger partial charge is 0.317 e. The molecule has 1 heterocycles. The number of carbonyl (C=O) groups excluding carboxylic acids is 2. The summed E-state index contributed by atoms with van der Waals surface area (Å²) in [5.74, 6) is 0.0867. The van der Waals surface area contributed by atoms with Crippen molar-refractivity contribution >= 4 is 11.9 Å². The second-order valence-electron chi connectivity index (χ2n) is 7.82. The molecule has 0 radical (unpaired) electrons. The summed E-state index contributed by atoms with van der Waals surface area (Å²) >= 11 is 0. The second-order valence-corrected chi connectivity index (χ2v) is 7.82. The van der Waals surface area contributed by atoms with Crippen molar-refractivity contribution in [2.75, 3.05) is 26.2 Å². The quantitative estimate of drug-likeness (QED) is 0.882. The van der Waals surface area contributed by atoms with Crippen molar-refractivity contribution in [1.82, 2.24) is 15.1 Å². The Hall–Kier alpha value is -2.04. The van der Waals surface area contributed by atoms with Crippen LogP contribution in [0.15, 0.2) is 12.1 Å². The predicted molar refractivity (Wildman–Crippen MR) is 104 cm³/mol. The number of carbonyl (C=O) groups is 2. The maximum absolute atomic E-state index is 13.0. The average molecular weight is 357 g/mol. The molecule has 1 saturated heterocycles. The first-order chi connectivity index (χ1) is 12.5. The molecule has 3 amide bonds. The van der Waals surface area contributed by atoms with Gasteiger partial charge in [0, 0.05) is 37.8 Å².